The van der Waals surface area contributed by atoms with Crippen LogP contribution in [0.15, 0.2) is 4.99 Å². The van der Waals surface area contributed by atoms with Gasteiger partial charge in [-0.3, -0.25) is 4.99 Å². The van der Waals surface area contributed by atoms with E-state index in [1.54, 1.807) is 0 Å². The molecule has 0 amide bonds. The van der Waals surface area contributed by atoms with Crippen LogP contribution in [-0.2, 0) is 9.84 Å². The summed E-state index contributed by atoms with van der Waals surface area (Å²) in [5.74, 6) is 2.56. The summed E-state index contributed by atoms with van der Waals surface area (Å²) in [6.45, 7) is 1.63. The van der Waals surface area contributed by atoms with E-state index in [-0.39, 0.29) is 29.9 Å². The topological polar surface area (TPSA) is 70.6 Å². The first kappa shape index (κ1) is 19.3. The second-order valence-corrected chi connectivity index (χ2v) is 9.49. The first-order valence-corrected chi connectivity index (χ1v) is 10.7. The Labute approximate surface area is 157 Å². The summed E-state index contributed by atoms with van der Waals surface area (Å²) in [5.41, 5.74) is 0. The Hall–Kier alpha value is -0.0500. The largest absolute Gasteiger partial charge is 0.356 e. The fourth-order valence-corrected chi connectivity index (χ4v) is 5.44. The number of aliphatic imine (C=N–C) groups is 1. The van der Waals surface area contributed by atoms with Gasteiger partial charge in [0.2, 0.25) is 0 Å². The van der Waals surface area contributed by atoms with E-state index in [9.17, 15) is 8.42 Å². The lowest BCUT2D eigenvalue weighted by atomic mass is 9.85. The summed E-state index contributed by atoms with van der Waals surface area (Å²) in [5, 5.41) is 7.04. The fourth-order valence-electron chi connectivity index (χ4n) is 3.59. The van der Waals surface area contributed by atoms with Crippen LogP contribution in [0.5, 0.6) is 0 Å². The maximum atomic E-state index is 11.5. The van der Waals surface area contributed by atoms with Crippen molar-refractivity contribution in [1.29, 1.82) is 0 Å². The van der Waals surface area contributed by atoms with Gasteiger partial charge < -0.3 is 10.6 Å². The van der Waals surface area contributed by atoms with Crippen LogP contribution in [-0.4, -0.2) is 45.0 Å². The molecule has 0 aromatic rings. The van der Waals surface area contributed by atoms with Crippen LogP contribution < -0.4 is 10.6 Å². The summed E-state index contributed by atoms with van der Waals surface area (Å²) < 4.78 is 23.1. The highest BCUT2D eigenvalue weighted by Crippen LogP contribution is 2.25. The van der Waals surface area contributed by atoms with Gasteiger partial charge in [-0.2, -0.15) is 0 Å². The summed E-state index contributed by atoms with van der Waals surface area (Å²) in [4.78, 5) is 4.70. The van der Waals surface area contributed by atoms with Gasteiger partial charge in [-0.05, 0) is 43.9 Å². The van der Waals surface area contributed by atoms with Crippen molar-refractivity contribution < 1.29 is 8.42 Å². The van der Waals surface area contributed by atoms with Gasteiger partial charge in [0.05, 0.1) is 11.5 Å². The number of guanidine groups is 1. The highest BCUT2D eigenvalue weighted by Gasteiger charge is 2.28. The summed E-state index contributed by atoms with van der Waals surface area (Å²) in [6.07, 6.45) is 9.82. The monoisotopic (exact) mass is 455 g/mol. The van der Waals surface area contributed by atoms with E-state index in [0.717, 1.165) is 24.8 Å². The van der Waals surface area contributed by atoms with Crippen LogP contribution in [0.2, 0.25) is 0 Å². The molecule has 2 aliphatic carbocycles. The lowest BCUT2D eigenvalue weighted by Gasteiger charge is -2.27. The third-order valence-corrected chi connectivity index (χ3v) is 7.15. The Morgan fingerprint density at radius 1 is 1.00 bits per heavy atom. The first-order chi connectivity index (χ1) is 10.6. The Kier molecular flexibility index (Phi) is 7.44. The maximum Gasteiger partial charge on any atom is 0.191 e. The third kappa shape index (κ3) is 6.07. The number of hydrogen-bond donors (Lipinski definition) is 2. The first-order valence-electron chi connectivity index (χ1n) is 8.86. The van der Waals surface area contributed by atoms with Crippen molar-refractivity contribution in [3.05, 3.63) is 0 Å². The Balaban J connectivity index is 0.00000192. The van der Waals surface area contributed by atoms with E-state index in [4.69, 9.17) is 4.99 Å². The lowest BCUT2D eigenvalue weighted by Crippen LogP contribution is -2.45. The Bertz CT molecular complexity index is 499. The van der Waals surface area contributed by atoms with Gasteiger partial charge in [0.15, 0.2) is 15.8 Å². The van der Waals surface area contributed by atoms with Gasteiger partial charge in [0.25, 0.3) is 0 Å². The molecule has 1 heterocycles. The summed E-state index contributed by atoms with van der Waals surface area (Å²) >= 11 is 0. The van der Waals surface area contributed by atoms with Gasteiger partial charge in [0, 0.05) is 19.1 Å². The second-order valence-electron chi connectivity index (χ2n) is 7.26. The quantitative estimate of drug-likeness (QED) is 0.379. The normalized spacial score (nSPS) is 28.2. The van der Waals surface area contributed by atoms with Gasteiger partial charge in [0.1, 0.15) is 0 Å². The molecule has 3 aliphatic rings. The zero-order chi connectivity index (χ0) is 15.4. The van der Waals surface area contributed by atoms with E-state index in [1.165, 1.54) is 44.9 Å². The second kappa shape index (κ2) is 8.87. The molecule has 2 saturated carbocycles. The molecule has 0 spiro atoms. The van der Waals surface area contributed by atoms with E-state index < -0.39 is 9.84 Å². The molecule has 134 valence electrons. The molecule has 3 fully saturated rings. The van der Waals surface area contributed by atoms with Crippen molar-refractivity contribution in [2.75, 3.05) is 24.6 Å². The average Bonchev–Trinajstić information content (AvgIpc) is 3.03. The molecule has 0 bridgehead atoms. The smallest absolute Gasteiger partial charge is 0.191 e. The molecular weight excluding hydrogens is 425 g/mol. The fraction of sp³-hybridized carbons (Fsp3) is 0.938. The maximum absolute atomic E-state index is 11.5. The van der Waals surface area contributed by atoms with Crippen molar-refractivity contribution >= 4 is 39.8 Å². The number of nitrogens with one attached hydrogen (secondary N) is 2. The van der Waals surface area contributed by atoms with Crippen LogP contribution >= 0.6 is 24.0 Å². The van der Waals surface area contributed by atoms with Gasteiger partial charge in [-0.1, -0.05) is 19.3 Å². The minimum Gasteiger partial charge on any atom is -0.356 e. The zero-order valence-corrected chi connectivity index (χ0v) is 16.9. The molecule has 23 heavy (non-hydrogen) atoms. The van der Waals surface area contributed by atoms with Crippen LogP contribution in [0.3, 0.4) is 0 Å². The number of rotatable bonds is 5. The van der Waals surface area contributed by atoms with Crippen LogP contribution in [0.4, 0.5) is 0 Å². The molecule has 0 aromatic heterocycles. The summed E-state index contributed by atoms with van der Waals surface area (Å²) in [6, 6.07) is 0.542. The van der Waals surface area contributed by atoms with Gasteiger partial charge in [-0.25, -0.2) is 8.42 Å². The molecule has 1 atom stereocenters. The molecule has 5 nitrogen and oxygen atoms in total. The minimum absolute atomic E-state index is 0. The van der Waals surface area contributed by atoms with Crippen molar-refractivity contribution in [2.24, 2.45) is 16.8 Å². The SMILES string of the molecule is I.O=S1(=O)CCC(CN=C(NCC2CCC2)NC2CCCC2)C1. The minimum atomic E-state index is -2.80. The zero-order valence-electron chi connectivity index (χ0n) is 13.8. The highest BCUT2D eigenvalue weighted by atomic mass is 127. The Morgan fingerprint density at radius 2 is 1.74 bits per heavy atom. The third-order valence-electron chi connectivity index (χ3n) is 5.31. The number of hydrogen-bond acceptors (Lipinski definition) is 3. The average molecular weight is 455 g/mol. The number of halogens is 1. The molecule has 1 saturated heterocycles. The van der Waals surface area contributed by atoms with Crippen molar-refractivity contribution in [3.8, 4) is 0 Å². The van der Waals surface area contributed by atoms with Crippen LogP contribution in [0, 0.1) is 11.8 Å². The molecule has 1 aliphatic heterocycles. The van der Waals surface area contributed by atoms with Crippen molar-refractivity contribution in [3.63, 3.8) is 0 Å². The predicted molar refractivity (Wildman–Crippen MR) is 105 cm³/mol. The van der Waals surface area contributed by atoms with E-state index in [1.807, 2.05) is 0 Å². The molecule has 0 aromatic carbocycles. The van der Waals surface area contributed by atoms with E-state index >= 15 is 0 Å². The van der Waals surface area contributed by atoms with Gasteiger partial charge in [-0.15, -0.1) is 24.0 Å². The van der Waals surface area contributed by atoms with Crippen LogP contribution in [0.1, 0.15) is 51.4 Å². The molecule has 1 unspecified atom stereocenters. The molecule has 7 heteroatoms. The van der Waals surface area contributed by atoms with Crippen molar-refractivity contribution in [1.82, 2.24) is 10.6 Å². The van der Waals surface area contributed by atoms with Gasteiger partial charge >= 0.3 is 0 Å². The number of sulfone groups is 1. The van der Waals surface area contributed by atoms with Crippen molar-refractivity contribution in [2.45, 2.75) is 57.4 Å². The van der Waals surface area contributed by atoms with E-state index in [0.29, 0.717) is 24.1 Å². The summed E-state index contributed by atoms with van der Waals surface area (Å²) in [7, 11) is -2.80. The molecular formula is C16H30IN3O2S. The number of nitrogens with zero attached hydrogens (tertiary/aromatic N) is 1. The highest BCUT2D eigenvalue weighted by molar-refractivity contribution is 14.0. The molecule has 2 N–H and O–H groups in total. The van der Waals surface area contributed by atoms with Crippen LogP contribution in [0.25, 0.3) is 0 Å². The standard InChI is InChI=1S/C16H29N3O2S.HI/c20-22(21)9-8-14(12-22)11-18-16(17-10-13-4-3-5-13)19-15-6-1-2-7-15;/h13-15H,1-12H2,(H2,17,18,19);1H. The molecule has 0 radical (unpaired) electrons. The van der Waals surface area contributed by atoms with E-state index in [2.05, 4.69) is 10.6 Å². The predicted octanol–water partition coefficient (Wildman–Crippen LogP) is 2.32. The molecule has 3 rings (SSSR count). The Morgan fingerprint density at radius 3 is 2.30 bits per heavy atom. The lowest BCUT2D eigenvalue weighted by molar-refractivity contribution is 0.314.